The predicted molar refractivity (Wildman–Crippen MR) is 127 cm³/mol. The highest BCUT2D eigenvalue weighted by molar-refractivity contribution is 5.87. The molecule has 8 heteroatoms. The molecule has 33 heavy (non-hydrogen) atoms. The molecule has 0 atom stereocenters. The van der Waals surface area contributed by atoms with E-state index >= 15 is 0 Å². The molecular formula is C25H20N6O2. The van der Waals surface area contributed by atoms with Gasteiger partial charge in [-0.2, -0.15) is 4.98 Å². The molecule has 6 aromatic rings. The Labute approximate surface area is 187 Å². The summed E-state index contributed by atoms with van der Waals surface area (Å²) in [6.45, 7) is 0.518. The van der Waals surface area contributed by atoms with Crippen LogP contribution >= 0.6 is 0 Å². The van der Waals surface area contributed by atoms with Gasteiger partial charge in [-0.1, -0.05) is 42.5 Å². The second-order valence-electron chi connectivity index (χ2n) is 8.18. The van der Waals surface area contributed by atoms with Crippen molar-refractivity contribution in [3.8, 4) is 11.3 Å². The highest BCUT2D eigenvalue weighted by Crippen LogP contribution is 2.29. The second-order valence-corrected chi connectivity index (χ2v) is 8.18. The van der Waals surface area contributed by atoms with Crippen molar-refractivity contribution in [1.82, 2.24) is 28.1 Å². The van der Waals surface area contributed by atoms with Crippen molar-refractivity contribution in [2.45, 2.75) is 6.54 Å². The maximum absolute atomic E-state index is 13.0. The van der Waals surface area contributed by atoms with Gasteiger partial charge in [0.15, 0.2) is 11.2 Å². The Kier molecular flexibility index (Phi) is 4.10. The third-order valence-electron chi connectivity index (χ3n) is 6.17. The van der Waals surface area contributed by atoms with Crippen LogP contribution in [0.2, 0.25) is 0 Å². The fourth-order valence-corrected chi connectivity index (χ4v) is 4.42. The van der Waals surface area contributed by atoms with Gasteiger partial charge in [-0.15, -0.1) is 0 Å². The van der Waals surface area contributed by atoms with Gasteiger partial charge in [0.05, 0.1) is 12.2 Å². The number of benzene rings is 2. The molecule has 8 nitrogen and oxygen atoms in total. The standard InChI is InChI=1S/C25H20N6O2/c1-28-22-21(23(32)29(2)25(28)33)31-15-20(19-10-9-17-7-3-4-8-18(17)12-19)30(24(31)27-22)14-16-6-5-11-26-13-16/h3-13,15H,14H2,1-2H3. The van der Waals surface area contributed by atoms with E-state index in [9.17, 15) is 9.59 Å². The van der Waals surface area contributed by atoms with Crippen LogP contribution in [0, 0.1) is 0 Å². The Bertz CT molecular complexity index is 1800. The lowest BCUT2D eigenvalue weighted by molar-refractivity contribution is 0.707. The van der Waals surface area contributed by atoms with Crippen molar-refractivity contribution in [2.24, 2.45) is 14.1 Å². The minimum atomic E-state index is -0.401. The summed E-state index contributed by atoms with van der Waals surface area (Å²) in [5.74, 6) is 0.593. The van der Waals surface area contributed by atoms with E-state index in [1.807, 2.05) is 36.7 Å². The highest BCUT2D eigenvalue weighted by Gasteiger charge is 2.21. The molecular weight excluding hydrogens is 416 g/mol. The van der Waals surface area contributed by atoms with Gasteiger partial charge in [-0.3, -0.25) is 23.3 Å². The summed E-state index contributed by atoms with van der Waals surface area (Å²) in [6.07, 6.45) is 5.48. The quantitative estimate of drug-likeness (QED) is 0.427. The molecule has 162 valence electrons. The maximum atomic E-state index is 13.0. The number of aryl methyl sites for hydroxylation is 1. The Morgan fingerprint density at radius 3 is 2.52 bits per heavy atom. The second kappa shape index (κ2) is 7.03. The van der Waals surface area contributed by atoms with Gasteiger partial charge in [0.1, 0.15) is 0 Å². The largest absolute Gasteiger partial charge is 0.332 e. The molecule has 0 amide bonds. The zero-order valence-electron chi connectivity index (χ0n) is 18.1. The lowest BCUT2D eigenvalue weighted by atomic mass is 10.1. The Morgan fingerprint density at radius 1 is 0.909 bits per heavy atom. The van der Waals surface area contributed by atoms with E-state index in [0.29, 0.717) is 23.5 Å². The molecule has 6 rings (SSSR count). The van der Waals surface area contributed by atoms with Gasteiger partial charge in [0.25, 0.3) is 5.56 Å². The molecule has 0 radical (unpaired) electrons. The monoisotopic (exact) mass is 436 g/mol. The molecule has 0 bridgehead atoms. The minimum Gasteiger partial charge on any atom is -0.305 e. The lowest BCUT2D eigenvalue weighted by Gasteiger charge is -2.10. The number of nitrogens with zero attached hydrogens (tertiary/aromatic N) is 6. The SMILES string of the molecule is Cn1c(=O)c2c(nc3n(Cc4cccnc4)c(-c4ccc5ccccc5c4)cn23)n(C)c1=O. The number of aromatic nitrogens is 6. The van der Waals surface area contributed by atoms with E-state index in [2.05, 4.69) is 39.9 Å². The number of imidazole rings is 2. The zero-order valence-corrected chi connectivity index (χ0v) is 18.1. The number of pyridine rings is 1. The normalized spacial score (nSPS) is 11.7. The van der Waals surface area contributed by atoms with Crippen molar-refractivity contribution in [1.29, 1.82) is 0 Å². The van der Waals surface area contributed by atoms with Crippen molar-refractivity contribution in [3.05, 3.63) is 99.6 Å². The molecule has 0 aliphatic heterocycles. The molecule has 0 saturated carbocycles. The lowest BCUT2D eigenvalue weighted by Crippen LogP contribution is -2.37. The molecule has 0 spiro atoms. The first-order valence-corrected chi connectivity index (χ1v) is 10.6. The Morgan fingerprint density at radius 2 is 1.73 bits per heavy atom. The van der Waals surface area contributed by atoms with Crippen LogP contribution in [0.4, 0.5) is 0 Å². The van der Waals surface area contributed by atoms with Gasteiger partial charge in [-0.25, -0.2) is 4.79 Å². The van der Waals surface area contributed by atoms with Crippen LogP contribution in [-0.4, -0.2) is 28.1 Å². The first kappa shape index (κ1) is 19.2. The molecule has 0 unspecified atom stereocenters. The van der Waals surface area contributed by atoms with Gasteiger partial charge >= 0.3 is 5.69 Å². The predicted octanol–water partition coefficient (Wildman–Crippen LogP) is 2.95. The molecule has 0 aliphatic rings. The van der Waals surface area contributed by atoms with Crippen molar-refractivity contribution >= 4 is 27.7 Å². The molecule has 0 fully saturated rings. The Hall–Kier alpha value is -4.46. The van der Waals surface area contributed by atoms with Gasteiger partial charge in [0, 0.05) is 38.2 Å². The van der Waals surface area contributed by atoms with Gasteiger partial charge in [-0.05, 0) is 28.5 Å². The van der Waals surface area contributed by atoms with Crippen LogP contribution in [-0.2, 0) is 20.6 Å². The van der Waals surface area contributed by atoms with Crippen LogP contribution in [0.5, 0.6) is 0 Å². The van der Waals surface area contributed by atoms with Crippen LogP contribution in [0.15, 0.2) is 82.8 Å². The number of hydrogen-bond acceptors (Lipinski definition) is 4. The molecule has 4 heterocycles. The van der Waals surface area contributed by atoms with E-state index in [1.54, 1.807) is 17.6 Å². The van der Waals surface area contributed by atoms with Crippen molar-refractivity contribution in [2.75, 3.05) is 0 Å². The maximum Gasteiger partial charge on any atom is 0.332 e. The number of hydrogen-bond donors (Lipinski definition) is 0. The molecule has 0 saturated heterocycles. The average Bonchev–Trinajstić information content (AvgIpc) is 3.39. The van der Waals surface area contributed by atoms with E-state index in [1.165, 1.54) is 11.6 Å². The van der Waals surface area contributed by atoms with Gasteiger partial charge in [0.2, 0.25) is 5.78 Å². The third-order valence-corrected chi connectivity index (χ3v) is 6.17. The van der Waals surface area contributed by atoms with Crippen LogP contribution in [0.3, 0.4) is 0 Å². The van der Waals surface area contributed by atoms with Gasteiger partial charge < -0.3 is 4.57 Å². The van der Waals surface area contributed by atoms with Crippen LogP contribution < -0.4 is 11.2 Å². The molecule has 2 aromatic carbocycles. The first-order chi connectivity index (χ1) is 16.0. The van der Waals surface area contributed by atoms with E-state index < -0.39 is 5.69 Å². The average molecular weight is 436 g/mol. The summed E-state index contributed by atoms with van der Waals surface area (Å²) >= 11 is 0. The van der Waals surface area contributed by atoms with Crippen LogP contribution in [0.1, 0.15) is 5.56 Å². The summed E-state index contributed by atoms with van der Waals surface area (Å²) in [5.41, 5.74) is 2.91. The topological polar surface area (TPSA) is 79.1 Å². The molecule has 0 aliphatic carbocycles. The smallest absolute Gasteiger partial charge is 0.305 e. The fourth-order valence-electron chi connectivity index (χ4n) is 4.42. The highest BCUT2D eigenvalue weighted by atomic mass is 16.2. The molecule has 4 aromatic heterocycles. The zero-order chi connectivity index (χ0) is 22.7. The molecule has 0 N–H and O–H groups in total. The van der Waals surface area contributed by atoms with Crippen molar-refractivity contribution in [3.63, 3.8) is 0 Å². The first-order valence-electron chi connectivity index (χ1n) is 10.6. The Balaban J connectivity index is 1.69. The van der Waals surface area contributed by atoms with E-state index in [0.717, 1.165) is 32.2 Å². The summed E-state index contributed by atoms with van der Waals surface area (Å²) in [7, 11) is 3.12. The summed E-state index contributed by atoms with van der Waals surface area (Å²) in [5, 5.41) is 2.29. The number of rotatable bonds is 3. The summed E-state index contributed by atoms with van der Waals surface area (Å²) < 4.78 is 6.38. The number of fused-ring (bicyclic) bond motifs is 4. The summed E-state index contributed by atoms with van der Waals surface area (Å²) in [6, 6.07) is 18.4. The van der Waals surface area contributed by atoms with Crippen LogP contribution in [0.25, 0.3) is 39.0 Å². The van der Waals surface area contributed by atoms with E-state index in [4.69, 9.17) is 4.98 Å². The van der Waals surface area contributed by atoms with E-state index in [-0.39, 0.29) is 5.56 Å². The fraction of sp³-hybridized carbons (Fsp3) is 0.120. The summed E-state index contributed by atoms with van der Waals surface area (Å²) in [4.78, 5) is 34.5. The van der Waals surface area contributed by atoms with Crippen molar-refractivity contribution < 1.29 is 0 Å². The third kappa shape index (κ3) is 2.84. The minimum absolute atomic E-state index is 0.364.